The standard InChI is InChI=1S/C10H12BF/c1-3-10(2,11)8-5-4-6-9(12)7-8/h4-7H,3H2,1-2H3. The molecule has 1 aromatic carbocycles. The molecule has 62 valence electrons. The van der Waals surface area contributed by atoms with Crippen molar-refractivity contribution in [2.45, 2.75) is 25.6 Å². The molecule has 0 saturated carbocycles. The monoisotopic (exact) mass is 162 g/mol. The van der Waals surface area contributed by atoms with Gasteiger partial charge in [0.1, 0.15) is 5.82 Å². The van der Waals surface area contributed by atoms with Gasteiger partial charge in [0.2, 0.25) is 0 Å². The van der Waals surface area contributed by atoms with Crippen LogP contribution in [0.3, 0.4) is 0 Å². The van der Waals surface area contributed by atoms with Gasteiger partial charge in [-0.15, -0.1) is 0 Å². The zero-order chi connectivity index (χ0) is 9.19. The van der Waals surface area contributed by atoms with E-state index in [4.69, 9.17) is 7.85 Å². The van der Waals surface area contributed by atoms with Gasteiger partial charge in [-0.1, -0.05) is 32.4 Å². The molecule has 1 rings (SSSR count). The van der Waals surface area contributed by atoms with Crippen LogP contribution in [-0.4, -0.2) is 7.85 Å². The summed E-state index contributed by atoms with van der Waals surface area (Å²) in [5, 5.41) is -0.415. The largest absolute Gasteiger partial charge is 0.207 e. The summed E-state index contributed by atoms with van der Waals surface area (Å²) in [6, 6.07) is 6.46. The van der Waals surface area contributed by atoms with Crippen molar-refractivity contribution < 1.29 is 4.39 Å². The third-order valence-electron chi connectivity index (χ3n) is 2.22. The van der Waals surface area contributed by atoms with Crippen molar-refractivity contribution in [3.63, 3.8) is 0 Å². The van der Waals surface area contributed by atoms with Crippen LogP contribution < -0.4 is 0 Å². The third kappa shape index (κ3) is 1.87. The highest BCUT2D eigenvalue weighted by molar-refractivity contribution is 6.15. The summed E-state index contributed by atoms with van der Waals surface area (Å²) < 4.78 is 12.8. The number of benzene rings is 1. The summed E-state index contributed by atoms with van der Waals surface area (Å²) in [7, 11) is 5.94. The lowest BCUT2D eigenvalue weighted by molar-refractivity contribution is 0.605. The Bertz CT molecular complexity index is 268. The van der Waals surface area contributed by atoms with Gasteiger partial charge < -0.3 is 0 Å². The van der Waals surface area contributed by atoms with Crippen molar-refractivity contribution >= 4 is 7.85 Å². The van der Waals surface area contributed by atoms with Crippen LogP contribution in [0.2, 0.25) is 0 Å². The maximum Gasteiger partial charge on any atom is 0.123 e. The summed E-state index contributed by atoms with van der Waals surface area (Å²) in [5.74, 6) is -0.224. The molecular formula is C10H12BF. The van der Waals surface area contributed by atoms with E-state index in [2.05, 4.69) is 0 Å². The van der Waals surface area contributed by atoms with Crippen molar-refractivity contribution in [2.24, 2.45) is 0 Å². The molecule has 0 amide bonds. The molecule has 1 aromatic rings. The topological polar surface area (TPSA) is 0 Å². The van der Waals surface area contributed by atoms with Crippen LogP contribution in [0.4, 0.5) is 4.39 Å². The van der Waals surface area contributed by atoms with Gasteiger partial charge in [-0.05, 0) is 23.0 Å². The van der Waals surface area contributed by atoms with Gasteiger partial charge in [-0.2, -0.15) is 0 Å². The van der Waals surface area contributed by atoms with E-state index in [-0.39, 0.29) is 5.82 Å². The fraction of sp³-hybridized carbons (Fsp3) is 0.400. The molecule has 2 radical (unpaired) electrons. The van der Waals surface area contributed by atoms with Crippen molar-refractivity contribution in [3.05, 3.63) is 35.6 Å². The fourth-order valence-corrected chi connectivity index (χ4v) is 1.05. The van der Waals surface area contributed by atoms with Crippen LogP contribution in [0.25, 0.3) is 0 Å². The van der Waals surface area contributed by atoms with Crippen molar-refractivity contribution in [2.75, 3.05) is 0 Å². The average Bonchev–Trinajstić information content (AvgIpc) is 2.05. The Morgan fingerprint density at radius 3 is 2.67 bits per heavy atom. The molecule has 0 aliphatic rings. The van der Waals surface area contributed by atoms with Crippen LogP contribution in [-0.2, 0) is 5.31 Å². The predicted molar refractivity (Wildman–Crippen MR) is 49.8 cm³/mol. The molecule has 1 atom stereocenters. The van der Waals surface area contributed by atoms with E-state index in [9.17, 15) is 4.39 Å². The highest BCUT2D eigenvalue weighted by atomic mass is 19.1. The Hall–Kier alpha value is -0.785. The number of hydrogen-bond acceptors (Lipinski definition) is 0. The summed E-state index contributed by atoms with van der Waals surface area (Å²) in [6.07, 6.45) is 0.802. The molecule has 0 fully saturated rings. The van der Waals surface area contributed by atoms with E-state index in [0.717, 1.165) is 12.0 Å². The summed E-state index contributed by atoms with van der Waals surface area (Å²) in [4.78, 5) is 0. The molecule has 0 saturated heterocycles. The van der Waals surface area contributed by atoms with Crippen molar-refractivity contribution in [1.82, 2.24) is 0 Å². The fourth-order valence-electron chi connectivity index (χ4n) is 1.05. The Labute approximate surface area is 74.2 Å². The molecule has 2 heteroatoms. The van der Waals surface area contributed by atoms with Crippen molar-refractivity contribution in [1.29, 1.82) is 0 Å². The van der Waals surface area contributed by atoms with E-state index in [1.165, 1.54) is 12.1 Å². The first-order valence-electron chi connectivity index (χ1n) is 4.11. The van der Waals surface area contributed by atoms with Crippen LogP contribution >= 0.6 is 0 Å². The van der Waals surface area contributed by atoms with Crippen LogP contribution in [0.5, 0.6) is 0 Å². The van der Waals surface area contributed by atoms with Gasteiger partial charge in [0.05, 0.1) is 7.85 Å². The van der Waals surface area contributed by atoms with Gasteiger partial charge in [0.25, 0.3) is 0 Å². The van der Waals surface area contributed by atoms with Gasteiger partial charge in [-0.3, -0.25) is 0 Å². The second kappa shape index (κ2) is 3.30. The smallest absolute Gasteiger partial charge is 0.123 e. The second-order valence-corrected chi connectivity index (χ2v) is 3.28. The molecule has 0 aromatic heterocycles. The third-order valence-corrected chi connectivity index (χ3v) is 2.22. The van der Waals surface area contributed by atoms with Gasteiger partial charge >= 0.3 is 0 Å². The lowest BCUT2D eigenvalue weighted by atomic mass is 9.64. The SMILES string of the molecule is [B]C(C)(CC)c1cccc(F)c1. The second-order valence-electron chi connectivity index (χ2n) is 3.28. The van der Waals surface area contributed by atoms with Crippen LogP contribution in [0.1, 0.15) is 25.8 Å². The number of rotatable bonds is 2. The maximum absolute atomic E-state index is 12.8. The molecule has 0 N–H and O–H groups in total. The summed E-state index contributed by atoms with van der Waals surface area (Å²) in [5.41, 5.74) is 0.852. The summed E-state index contributed by atoms with van der Waals surface area (Å²) >= 11 is 0. The zero-order valence-corrected chi connectivity index (χ0v) is 7.47. The Kier molecular flexibility index (Phi) is 2.56. The van der Waals surface area contributed by atoms with Gasteiger partial charge in [-0.25, -0.2) is 4.39 Å². The quantitative estimate of drug-likeness (QED) is 0.586. The maximum atomic E-state index is 12.8. The molecule has 0 nitrogen and oxygen atoms in total. The molecular weight excluding hydrogens is 150 g/mol. The molecule has 12 heavy (non-hydrogen) atoms. The highest BCUT2D eigenvalue weighted by Crippen LogP contribution is 2.23. The number of halogens is 1. The van der Waals surface area contributed by atoms with E-state index >= 15 is 0 Å². The van der Waals surface area contributed by atoms with Crippen LogP contribution in [0.15, 0.2) is 24.3 Å². The lowest BCUT2D eigenvalue weighted by Crippen LogP contribution is -2.20. The molecule has 0 heterocycles. The highest BCUT2D eigenvalue weighted by Gasteiger charge is 2.17. The molecule has 0 spiro atoms. The van der Waals surface area contributed by atoms with E-state index in [0.29, 0.717) is 0 Å². The van der Waals surface area contributed by atoms with Crippen molar-refractivity contribution in [3.8, 4) is 0 Å². The first-order valence-corrected chi connectivity index (χ1v) is 4.11. The Morgan fingerprint density at radius 2 is 2.17 bits per heavy atom. The molecule has 0 bridgehead atoms. The van der Waals surface area contributed by atoms with Gasteiger partial charge in [0, 0.05) is 0 Å². The minimum absolute atomic E-state index is 0.224. The first kappa shape index (κ1) is 9.30. The zero-order valence-electron chi connectivity index (χ0n) is 7.47. The van der Waals surface area contributed by atoms with E-state index < -0.39 is 5.31 Å². The van der Waals surface area contributed by atoms with Gasteiger partial charge in [0.15, 0.2) is 0 Å². The minimum atomic E-state index is -0.415. The van der Waals surface area contributed by atoms with E-state index in [1.807, 2.05) is 19.9 Å². The summed E-state index contributed by atoms with van der Waals surface area (Å²) in [6.45, 7) is 3.90. The first-order chi connectivity index (χ1) is 5.56. The molecule has 0 aliphatic carbocycles. The molecule has 1 unspecified atom stereocenters. The predicted octanol–water partition coefficient (Wildman–Crippen LogP) is 2.62. The minimum Gasteiger partial charge on any atom is -0.207 e. The molecule has 0 aliphatic heterocycles. The number of hydrogen-bond donors (Lipinski definition) is 0. The average molecular weight is 162 g/mol. The lowest BCUT2D eigenvalue weighted by Gasteiger charge is -2.23. The Balaban J connectivity index is 3.03. The normalized spacial score (nSPS) is 15.6. The van der Waals surface area contributed by atoms with E-state index in [1.54, 1.807) is 6.07 Å². The Morgan fingerprint density at radius 1 is 1.50 bits per heavy atom. The van der Waals surface area contributed by atoms with Crippen LogP contribution in [0, 0.1) is 5.82 Å².